The molecular formula is C10H14F3N3O. The number of alkyl halides is 3. The fourth-order valence-electron chi connectivity index (χ4n) is 1.58. The number of aliphatic hydroxyl groups is 1. The lowest BCUT2D eigenvalue weighted by molar-refractivity contribution is -0.137. The van der Waals surface area contributed by atoms with Gasteiger partial charge in [0.05, 0.1) is 31.0 Å². The van der Waals surface area contributed by atoms with E-state index in [-0.39, 0.29) is 19.2 Å². The highest BCUT2D eigenvalue weighted by Crippen LogP contribution is 2.28. The summed E-state index contributed by atoms with van der Waals surface area (Å²) >= 11 is 0. The molecule has 4 nitrogen and oxygen atoms in total. The zero-order valence-electron chi connectivity index (χ0n) is 9.11. The molecule has 1 saturated carbocycles. The van der Waals surface area contributed by atoms with Crippen molar-refractivity contribution < 1.29 is 18.3 Å². The van der Waals surface area contributed by atoms with Crippen molar-refractivity contribution in [3.8, 4) is 0 Å². The van der Waals surface area contributed by atoms with E-state index in [4.69, 9.17) is 5.11 Å². The molecule has 1 unspecified atom stereocenters. The van der Waals surface area contributed by atoms with Crippen molar-refractivity contribution in [3.05, 3.63) is 18.0 Å². The van der Waals surface area contributed by atoms with Crippen LogP contribution in [0.15, 0.2) is 12.4 Å². The number of nitrogens with zero attached hydrogens (tertiary/aromatic N) is 2. The van der Waals surface area contributed by atoms with Gasteiger partial charge in [0, 0.05) is 12.2 Å². The molecule has 1 aliphatic carbocycles. The van der Waals surface area contributed by atoms with Gasteiger partial charge in [0.2, 0.25) is 0 Å². The van der Waals surface area contributed by atoms with Crippen LogP contribution in [0.3, 0.4) is 0 Å². The van der Waals surface area contributed by atoms with Gasteiger partial charge in [-0.3, -0.25) is 4.68 Å². The predicted molar refractivity (Wildman–Crippen MR) is 54.3 cm³/mol. The van der Waals surface area contributed by atoms with Crippen molar-refractivity contribution in [2.45, 2.75) is 37.6 Å². The van der Waals surface area contributed by atoms with Gasteiger partial charge in [0.25, 0.3) is 0 Å². The normalized spacial score (nSPS) is 18.4. The number of aromatic nitrogens is 2. The Morgan fingerprint density at radius 3 is 2.71 bits per heavy atom. The number of aliphatic hydroxyl groups excluding tert-OH is 1. The van der Waals surface area contributed by atoms with Crippen molar-refractivity contribution in [1.82, 2.24) is 15.1 Å². The van der Waals surface area contributed by atoms with Gasteiger partial charge < -0.3 is 10.4 Å². The summed E-state index contributed by atoms with van der Waals surface area (Å²) in [7, 11) is 0. The third-order valence-electron chi connectivity index (χ3n) is 2.64. The van der Waals surface area contributed by atoms with E-state index < -0.39 is 11.7 Å². The molecule has 0 saturated heterocycles. The average molecular weight is 249 g/mol. The van der Waals surface area contributed by atoms with E-state index in [9.17, 15) is 13.2 Å². The van der Waals surface area contributed by atoms with Gasteiger partial charge >= 0.3 is 6.18 Å². The topological polar surface area (TPSA) is 50.1 Å². The molecule has 0 radical (unpaired) electrons. The van der Waals surface area contributed by atoms with Crippen molar-refractivity contribution in [1.29, 1.82) is 0 Å². The van der Waals surface area contributed by atoms with Gasteiger partial charge in [-0.25, -0.2) is 0 Å². The second-order valence-electron chi connectivity index (χ2n) is 4.27. The van der Waals surface area contributed by atoms with E-state index in [1.165, 1.54) is 4.68 Å². The highest BCUT2D eigenvalue weighted by Gasteiger charge is 2.32. The van der Waals surface area contributed by atoms with Crippen LogP contribution in [0, 0.1) is 0 Å². The van der Waals surface area contributed by atoms with E-state index in [2.05, 4.69) is 10.4 Å². The van der Waals surface area contributed by atoms with E-state index in [0.29, 0.717) is 6.04 Å². The molecule has 1 fully saturated rings. The van der Waals surface area contributed by atoms with Crippen LogP contribution in [0.1, 0.15) is 18.4 Å². The Morgan fingerprint density at radius 2 is 2.24 bits per heavy atom. The Morgan fingerprint density at radius 1 is 1.53 bits per heavy atom. The highest BCUT2D eigenvalue weighted by atomic mass is 19.4. The Kier molecular flexibility index (Phi) is 3.39. The van der Waals surface area contributed by atoms with Gasteiger partial charge in [-0.15, -0.1) is 0 Å². The van der Waals surface area contributed by atoms with Crippen molar-refractivity contribution in [2.75, 3.05) is 6.61 Å². The summed E-state index contributed by atoms with van der Waals surface area (Å²) in [5, 5.41) is 15.9. The highest BCUT2D eigenvalue weighted by molar-refractivity contribution is 5.08. The lowest BCUT2D eigenvalue weighted by Gasteiger charge is -2.15. The SMILES string of the molecule is OCC(Cn1cc(C(F)(F)F)cn1)NC1CC1. The van der Waals surface area contributed by atoms with Crippen LogP contribution in [0.2, 0.25) is 0 Å². The minimum atomic E-state index is -4.36. The number of halogens is 3. The van der Waals surface area contributed by atoms with Crippen molar-refractivity contribution in [2.24, 2.45) is 0 Å². The van der Waals surface area contributed by atoms with Crippen molar-refractivity contribution in [3.63, 3.8) is 0 Å². The van der Waals surface area contributed by atoms with E-state index in [1.54, 1.807) is 0 Å². The molecule has 1 aliphatic rings. The zero-order chi connectivity index (χ0) is 12.5. The zero-order valence-corrected chi connectivity index (χ0v) is 9.11. The maximum absolute atomic E-state index is 12.3. The van der Waals surface area contributed by atoms with Gasteiger partial charge in [-0.1, -0.05) is 0 Å². The predicted octanol–water partition coefficient (Wildman–Crippen LogP) is 1.01. The Bertz CT molecular complexity index is 373. The quantitative estimate of drug-likeness (QED) is 0.819. The number of rotatable bonds is 5. The van der Waals surface area contributed by atoms with Gasteiger partial charge in [-0.05, 0) is 12.8 Å². The molecule has 7 heteroatoms. The summed E-state index contributed by atoms with van der Waals surface area (Å²) in [6.45, 7) is 0.126. The van der Waals surface area contributed by atoms with Crippen LogP contribution >= 0.6 is 0 Å². The van der Waals surface area contributed by atoms with Crippen LogP contribution in [0.5, 0.6) is 0 Å². The van der Waals surface area contributed by atoms with Crippen molar-refractivity contribution >= 4 is 0 Å². The first-order valence-corrected chi connectivity index (χ1v) is 5.45. The first-order valence-electron chi connectivity index (χ1n) is 5.45. The third-order valence-corrected chi connectivity index (χ3v) is 2.64. The average Bonchev–Trinajstić information content (AvgIpc) is 2.91. The summed E-state index contributed by atoms with van der Waals surface area (Å²) in [4.78, 5) is 0. The molecule has 1 aromatic heterocycles. The van der Waals surface area contributed by atoms with Crippen LogP contribution in [-0.4, -0.2) is 33.6 Å². The summed E-state index contributed by atoms with van der Waals surface area (Å²) in [6.07, 6.45) is -0.494. The molecule has 0 aromatic carbocycles. The molecule has 1 heterocycles. The number of hydrogen-bond acceptors (Lipinski definition) is 3. The third kappa shape index (κ3) is 3.44. The minimum Gasteiger partial charge on any atom is -0.395 e. The number of hydrogen-bond donors (Lipinski definition) is 2. The monoisotopic (exact) mass is 249 g/mol. The van der Waals surface area contributed by atoms with Gasteiger partial charge in [0.15, 0.2) is 0 Å². The van der Waals surface area contributed by atoms with Gasteiger partial charge in [-0.2, -0.15) is 18.3 Å². The largest absolute Gasteiger partial charge is 0.419 e. The maximum Gasteiger partial charge on any atom is 0.419 e. The van der Waals surface area contributed by atoms with Crippen LogP contribution in [0.4, 0.5) is 13.2 Å². The summed E-state index contributed by atoms with van der Waals surface area (Å²) in [5.74, 6) is 0. The smallest absolute Gasteiger partial charge is 0.395 e. The second kappa shape index (κ2) is 4.66. The molecule has 0 bridgehead atoms. The van der Waals surface area contributed by atoms with Crippen LogP contribution < -0.4 is 5.32 Å². The standard InChI is InChI=1S/C10H14F3N3O/c11-10(12,13)7-3-14-16(4-7)5-9(6-17)15-8-1-2-8/h3-4,8-9,15,17H,1-2,5-6H2. The first kappa shape index (κ1) is 12.4. The fraction of sp³-hybridized carbons (Fsp3) is 0.700. The Labute approximate surface area is 96.4 Å². The van der Waals surface area contributed by atoms with E-state index in [0.717, 1.165) is 25.2 Å². The van der Waals surface area contributed by atoms with Gasteiger partial charge in [0.1, 0.15) is 0 Å². The molecule has 0 spiro atoms. The summed E-state index contributed by atoms with van der Waals surface area (Å²) < 4.78 is 38.2. The lowest BCUT2D eigenvalue weighted by atomic mass is 10.3. The molecule has 1 aromatic rings. The first-order chi connectivity index (χ1) is 7.99. The summed E-state index contributed by atoms with van der Waals surface area (Å²) in [5.41, 5.74) is -0.763. The molecule has 0 amide bonds. The molecule has 17 heavy (non-hydrogen) atoms. The molecule has 2 N–H and O–H groups in total. The van der Waals surface area contributed by atoms with E-state index >= 15 is 0 Å². The Balaban J connectivity index is 1.94. The molecular weight excluding hydrogens is 235 g/mol. The second-order valence-corrected chi connectivity index (χ2v) is 4.27. The number of nitrogens with one attached hydrogen (secondary N) is 1. The van der Waals surface area contributed by atoms with Crippen LogP contribution in [-0.2, 0) is 12.7 Å². The summed E-state index contributed by atoms with van der Waals surface area (Å²) in [6, 6.07) is 0.147. The minimum absolute atomic E-state index is 0.113. The fourth-order valence-corrected chi connectivity index (χ4v) is 1.58. The molecule has 1 atom stereocenters. The van der Waals surface area contributed by atoms with E-state index in [1.807, 2.05) is 0 Å². The lowest BCUT2D eigenvalue weighted by Crippen LogP contribution is -2.37. The Hall–Kier alpha value is -1.08. The molecule has 0 aliphatic heterocycles. The van der Waals surface area contributed by atoms with Crippen LogP contribution in [0.25, 0.3) is 0 Å². The maximum atomic E-state index is 12.3. The molecule has 2 rings (SSSR count). The molecule has 96 valence electrons.